The molecule has 0 heterocycles. The van der Waals surface area contributed by atoms with E-state index in [1.54, 1.807) is 0 Å². The summed E-state index contributed by atoms with van der Waals surface area (Å²) < 4.78 is 32.6. The molecule has 1 aromatic rings. The predicted molar refractivity (Wildman–Crippen MR) is 65.9 cm³/mol. The van der Waals surface area contributed by atoms with Gasteiger partial charge in [0.05, 0.1) is 18.0 Å². The van der Waals surface area contributed by atoms with Crippen molar-refractivity contribution in [2.45, 2.75) is 25.7 Å². The first kappa shape index (κ1) is 14.9. The highest BCUT2D eigenvalue weighted by atomic mass is 79.9. The number of hydrogen-bond donors (Lipinski definition) is 1. The molecular formula is C12H13BrF2O3. The minimum absolute atomic E-state index is 0.00456. The van der Waals surface area contributed by atoms with Crippen molar-refractivity contribution in [1.29, 1.82) is 0 Å². The molecule has 0 aliphatic carbocycles. The van der Waals surface area contributed by atoms with Crippen LogP contribution in [0.15, 0.2) is 10.5 Å². The summed E-state index contributed by atoms with van der Waals surface area (Å²) in [5, 5.41) is 8.79. The van der Waals surface area contributed by atoms with Crippen LogP contribution < -0.4 is 4.74 Å². The van der Waals surface area contributed by atoms with Crippen LogP contribution in [0.4, 0.5) is 8.78 Å². The first-order valence-corrected chi connectivity index (χ1v) is 5.93. The van der Waals surface area contributed by atoms with Crippen molar-refractivity contribution < 1.29 is 23.4 Å². The van der Waals surface area contributed by atoms with Crippen LogP contribution in [0.3, 0.4) is 0 Å². The molecule has 3 nitrogen and oxygen atoms in total. The molecule has 1 aromatic carbocycles. The van der Waals surface area contributed by atoms with Gasteiger partial charge in [-0.2, -0.15) is 4.39 Å². The summed E-state index contributed by atoms with van der Waals surface area (Å²) in [5.74, 6) is -3.52. The normalized spacial score (nSPS) is 11.4. The van der Waals surface area contributed by atoms with Gasteiger partial charge in [-0.05, 0) is 27.6 Å². The van der Waals surface area contributed by atoms with Crippen LogP contribution in [0.1, 0.15) is 25.8 Å². The van der Waals surface area contributed by atoms with E-state index >= 15 is 0 Å². The Morgan fingerprint density at radius 2 is 2.00 bits per heavy atom. The molecule has 0 aliphatic rings. The molecule has 0 radical (unpaired) electrons. The molecule has 6 heteroatoms. The van der Waals surface area contributed by atoms with Gasteiger partial charge in [-0.15, -0.1) is 0 Å². The summed E-state index contributed by atoms with van der Waals surface area (Å²) in [4.78, 5) is 10.7. The summed E-state index contributed by atoms with van der Waals surface area (Å²) >= 11 is 3.07. The Labute approximate surface area is 112 Å². The Bertz CT molecular complexity index is 487. The van der Waals surface area contributed by atoms with Crippen LogP contribution in [-0.4, -0.2) is 18.2 Å². The largest absolute Gasteiger partial charge is 0.492 e. The standard InChI is InChI=1S/C12H13BrF2O3/c1-12(2,5-8(16)17)6-4-7(13)11(18-3)10(15)9(6)14/h4H,5H2,1-3H3,(H,16,17). The number of ether oxygens (including phenoxy) is 1. The molecule has 100 valence electrons. The van der Waals surface area contributed by atoms with Crippen LogP contribution >= 0.6 is 15.9 Å². The third kappa shape index (κ3) is 2.80. The fourth-order valence-corrected chi connectivity index (χ4v) is 2.30. The summed E-state index contributed by atoms with van der Waals surface area (Å²) in [6.07, 6.45) is -0.303. The Kier molecular flexibility index (Phi) is 4.32. The summed E-state index contributed by atoms with van der Waals surface area (Å²) in [5.41, 5.74) is -1.03. The molecule has 0 bridgehead atoms. The molecule has 1 N–H and O–H groups in total. The van der Waals surface area contributed by atoms with E-state index in [0.717, 1.165) is 0 Å². The molecule has 0 fully saturated rings. The van der Waals surface area contributed by atoms with E-state index in [2.05, 4.69) is 15.9 Å². The van der Waals surface area contributed by atoms with Crippen LogP contribution in [0.5, 0.6) is 5.75 Å². The highest BCUT2D eigenvalue weighted by molar-refractivity contribution is 9.10. The van der Waals surface area contributed by atoms with Crippen LogP contribution in [0.2, 0.25) is 0 Å². The lowest BCUT2D eigenvalue weighted by molar-refractivity contribution is -0.138. The predicted octanol–water partition coefficient (Wildman–Crippen LogP) is 3.49. The van der Waals surface area contributed by atoms with E-state index < -0.39 is 23.0 Å². The zero-order valence-corrected chi connectivity index (χ0v) is 11.8. The van der Waals surface area contributed by atoms with Gasteiger partial charge in [0.2, 0.25) is 5.82 Å². The van der Waals surface area contributed by atoms with Crippen molar-refractivity contribution in [3.05, 3.63) is 27.7 Å². The lowest BCUT2D eigenvalue weighted by atomic mass is 9.81. The average Bonchev–Trinajstić information content (AvgIpc) is 2.22. The van der Waals surface area contributed by atoms with E-state index in [1.165, 1.54) is 27.0 Å². The van der Waals surface area contributed by atoms with Crippen molar-refractivity contribution in [2.24, 2.45) is 0 Å². The SMILES string of the molecule is COc1c(Br)cc(C(C)(C)CC(=O)O)c(F)c1F. The number of methoxy groups -OCH3 is 1. The first-order valence-electron chi connectivity index (χ1n) is 5.14. The Balaban J connectivity index is 3.39. The minimum atomic E-state index is -1.12. The molecular weight excluding hydrogens is 310 g/mol. The lowest BCUT2D eigenvalue weighted by Gasteiger charge is -2.24. The Morgan fingerprint density at radius 3 is 2.44 bits per heavy atom. The smallest absolute Gasteiger partial charge is 0.304 e. The maximum atomic E-state index is 13.9. The highest BCUT2D eigenvalue weighted by Gasteiger charge is 2.31. The maximum absolute atomic E-state index is 13.9. The van der Waals surface area contributed by atoms with E-state index in [1.807, 2.05) is 0 Å². The second kappa shape index (κ2) is 5.22. The molecule has 1 rings (SSSR count). The number of halogens is 3. The van der Waals surface area contributed by atoms with Crippen molar-refractivity contribution >= 4 is 21.9 Å². The number of carboxylic acids is 1. The zero-order valence-electron chi connectivity index (χ0n) is 10.2. The van der Waals surface area contributed by atoms with Crippen molar-refractivity contribution in [3.8, 4) is 5.75 Å². The first-order chi connectivity index (χ1) is 8.20. The van der Waals surface area contributed by atoms with Crippen molar-refractivity contribution in [3.63, 3.8) is 0 Å². The third-order valence-corrected chi connectivity index (χ3v) is 3.23. The van der Waals surface area contributed by atoms with E-state index in [9.17, 15) is 13.6 Å². The Hall–Kier alpha value is -1.17. The van der Waals surface area contributed by atoms with Gasteiger partial charge in [-0.3, -0.25) is 4.79 Å². The van der Waals surface area contributed by atoms with E-state index in [4.69, 9.17) is 9.84 Å². The summed E-state index contributed by atoms with van der Waals surface area (Å²) in [6.45, 7) is 3.08. The van der Waals surface area contributed by atoms with Crippen molar-refractivity contribution in [1.82, 2.24) is 0 Å². The number of rotatable bonds is 4. The van der Waals surface area contributed by atoms with Crippen molar-refractivity contribution in [2.75, 3.05) is 7.11 Å². The van der Waals surface area contributed by atoms with Crippen LogP contribution in [0, 0.1) is 11.6 Å². The molecule has 0 aromatic heterocycles. The molecule has 0 amide bonds. The highest BCUT2D eigenvalue weighted by Crippen LogP contribution is 2.38. The van der Waals surface area contributed by atoms with Gasteiger partial charge < -0.3 is 9.84 Å². The molecule has 0 saturated carbocycles. The molecule has 0 atom stereocenters. The maximum Gasteiger partial charge on any atom is 0.304 e. The average molecular weight is 323 g/mol. The zero-order chi connectivity index (χ0) is 14.1. The van der Waals surface area contributed by atoms with Gasteiger partial charge in [0, 0.05) is 5.41 Å². The number of benzene rings is 1. The van der Waals surface area contributed by atoms with Gasteiger partial charge in [0.1, 0.15) is 0 Å². The molecule has 0 saturated heterocycles. The minimum Gasteiger partial charge on any atom is -0.492 e. The number of carbonyl (C=O) groups is 1. The van der Waals surface area contributed by atoms with E-state index in [0.29, 0.717) is 0 Å². The fourth-order valence-electron chi connectivity index (χ4n) is 1.73. The van der Waals surface area contributed by atoms with Gasteiger partial charge in [0.15, 0.2) is 11.6 Å². The molecule has 0 unspecified atom stereocenters. The second-order valence-electron chi connectivity index (χ2n) is 4.52. The fraction of sp³-hybridized carbons (Fsp3) is 0.417. The van der Waals surface area contributed by atoms with Gasteiger partial charge in [0.25, 0.3) is 0 Å². The number of hydrogen-bond acceptors (Lipinski definition) is 2. The summed E-state index contributed by atoms with van der Waals surface area (Å²) in [7, 11) is 1.23. The molecule has 0 spiro atoms. The monoisotopic (exact) mass is 322 g/mol. The summed E-state index contributed by atoms with van der Waals surface area (Å²) in [6, 6.07) is 1.35. The number of aliphatic carboxylic acids is 1. The van der Waals surface area contributed by atoms with Crippen LogP contribution in [0.25, 0.3) is 0 Å². The lowest BCUT2D eigenvalue weighted by Crippen LogP contribution is -2.24. The topological polar surface area (TPSA) is 46.5 Å². The number of carboxylic acid groups (broad SMARTS) is 1. The Morgan fingerprint density at radius 1 is 1.44 bits per heavy atom. The van der Waals surface area contributed by atoms with Gasteiger partial charge in [-0.1, -0.05) is 13.8 Å². The quantitative estimate of drug-likeness (QED) is 0.863. The van der Waals surface area contributed by atoms with Gasteiger partial charge >= 0.3 is 5.97 Å². The van der Waals surface area contributed by atoms with E-state index in [-0.39, 0.29) is 22.2 Å². The second-order valence-corrected chi connectivity index (χ2v) is 5.38. The molecule has 0 aliphatic heterocycles. The third-order valence-electron chi connectivity index (χ3n) is 2.64. The van der Waals surface area contributed by atoms with Crippen LogP contribution in [-0.2, 0) is 10.2 Å². The molecule has 18 heavy (non-hydrogen) atoms. The van der Waals surface area contributed by atoms with Gasteiger partial charge in [-0.25, -0.2) is 4.39 Å².